The minimum absolute atomic E-state index is 0.0324. The molecule has 2 aromatic carbocycles. The van der Waals surface area contributed by atoms with E-state index in [0.717, 1.165) is 11.1 Å². The van der Waals surface area contributed by atoms with Gasteiger partial charge in [-0.15, -0.1) is 0 Å². The van der Waals surface area contributed by atoms with Crippen LogP contribution in [0.3, 0.4) is 0 Å². The predicted molar refractivity (Wildman–Crippen MR) is 118 cm³/mol. The topological polar surface area (TPSA) is 81.4 Å². The quantitative estimate of drug-likeness (QED) is 0.427. The van der Waals surface area contributed by atoms with Crippen LogP contribution >= 0.6 is 0 Å². The Morgan fingerprint density at radius 1 is 0.935 bits per heavy atom. The van der Waals surface area contributed by atoms with Gasteiger partial charge >= 0.3 is 5.97 Å². The van der Waals surface area contributed by atoms with Crippen LogP contribution < -0.4 is 5.32 Å². The lowest BCUT2D eigenvalue weighted by molar-refractivity contribution is 0.0528. The van der Waals surface area contributed by atoms with Gasteiger partial charge in [0.15, 0.2) is 0 Å². The van der Waals surface area contributed by atoms with Crippen LogP contribution in [0.2, 0.25) is 0 Å². The molecule has 2 aromatic heterocycles. The zero-order valence-corrected chi connectivity index (χ0v) is 16.9. The monoisotopic (exact) mass is 412 g/mol. The van der Waals surface area contributed by atoms with Gasteiger partial charge in [-0.05, 0) is 24.6 Å². The van der Waals surface area contributed by atoms with Crippen molar-refractivity contribution in [2.75, 3.05) is 11.9 Å². The van der Waals surface area contributed by atoms with Gasteiger partial charge in [0, 0.05) is 23.5 Å². The van der Waals surface area contributed by atoms with E-state index in [1.165, 1.54) is 6.20 Å². The molecule has 1 N–H and O–H groups in total. The van der Waals surface area contributed by atoms with E-state index in [-0.39, 0.29) is 18.1 Å². The molecule has 1 amide bonds. The van der Waals surface area contributed by atoms with Crippen molar-refractivity contribution < 1.29 is 18.7 Å². The lowest BCUT2D eigenvalue weighted by Gasteiger charge is -2.07. The molecule has 0 saturated heterocycles. The number of benzene rings is 2. The Morgan fingerprint density at radius 3 is 2.23 bits per heavy atom. The molecule has 4 aromatic rings. The maximum Gasteiger partial charge on any atom is 0.344 e. The van der Waals surface area contributed by atoms with Gasteiger partial charge in [-0.25, -0.2) is 4.79 Å². The maximum absolute atomic E-state index is 13.0. The molecule has 6 nitrogen and oxygen atoms in total. The number of amides is 1. The van der Waals surface area contributed by atoms with Gasteiger partial charge in [-0.1, -0.05) is 60.7 Å². The average molecular weight is 412 g/mol. The third-order valence-corrected chi connectivity index (χ3v) is 4.64. The Morgan fingerprint density at radius 2 is 1.61 bits per heavy atom. The molecule has 0 spiro atoms. The Labute approximate surface area is 179 Å². The Kier molecular flexibility index (Phi) is 5.89. The lowest BCUT2D eigenvalue weighted by Crippen LogP contribution is -2.15. The molecule has 0 fully saturated rings. The molecule has 4 rings (SSSR count). The van der Waals surface area contributed by atoms with E-state index >= 15 is 0 Å². The standard InChI is InChI=1S/C25H20N2O4/c1-2-30-25(29)21-20(17-10-5-3-6-11-17)22(18-12-7-4-8-13-18)31-24(21)27-23(28)19-14-9-15-26-16-19/h3-16H,2H2,1H3,(H,27,28). The minimum Gasteiger partial charge on any atom is -0.462 e. The van der Waals surface area contributed by atoms with Crippen molar-refractivity contribution in [3.05, 3.63) is 96.3 Å². The number of nitrogens with one attached hydrogen (secondary N) is 1. The van der Waals surface area contributed by atoms with Crippen LogP contribution in [0.15, 0.2) is 89.6 Å². The fraction of sp³-hybridized carbons (Fsp3) is 0.0800. The van der Waals surface area contributed by atoms with Crippen molar-refractivity contribution in [3.63, 3.8) is 0 Å². The second kappa shape index (κ2) is 9.09. The predicted octanol–water partition coefficient (Wildman–Crippen LogP) is 5.44. The smallest absolute Gasteiger partial charge is 0.344 e. The summed E-state index contributed by atoms with van der Waals surface area (Å²) in [5.74, 6) is -0.512. The summed E-state index contributed by atoms with van der Waals surface area (Å²) >= 11 is 0. The molecular formula is C25H20N2O4. The van der Waals surface area contributed by atoms with Crippen LogP contribution in [0.5, 0.6) is 0 Å². The molecule has 2 heterocycles. The SMILES string of the molecule is CCOC(=O)c1c(NC(=O)c2cccnc2)oc(-c2ccccc2)c1-c1ccccc1. The molecule has 0 aliphatic rings. The molecule has 0 saturated carbocycles. The number of rotatable bonds is 6. The first-order chi connectivity index (χ1) is 15.2. The summed E-state index contributed by atoms with van der Waals surface area (Å²) in [4.78, 5) is 29.7. The number of ether oxygens (including phenoxy) is 1. The molecule has 0 atom stereocenters. The Hall–Kier alpha value is -4.19. The summed E-state index contributed by atoms with van der Waals surface area (Å²) in [6.45, 7) is 1.92. The number of furan rings is 1. The molecular weight excluding hydrogens is 392 g/mol. The van der Waals surface area contributed by atoms with Gasteiger partial charge in [-0.2, -0.15) is 0 Å². The van der Waals surface area contributed by atoms with Crippen molar-refractivity contribution in [1.29, 1.82) is 0 Å². The Bertz CT molecular complexity index is 1190. The number of hydrogen-bond acceptors (Lipinski definition) is 5. The number of esters is 1. The van der Waals surface area contributed by atoms with Crippen molar-refractivity contribution in [1.82, 2.24) is 4.98 Å². The van der Waals surface area contributed by atoms with Crippen molar-refractivity contribution in [3.8, 4) is 22.5 Å². The highest BCUT2D eigenvalue weighted by Gasteiger charge is 2.29. The third-order valence-electron chi connectivity index (χ3n) is 4.64. The first-order valence-corrected chi connectivity index (χ1v) is 9.85. The van der Waals surface area contributed by atoms with Crippen molar-refractivity contribution >= 4 is 17.8 Å². The second-order valence-electron chi connectivity index (χ2n) is 6.66. The number of carbonyl (C=O) groups excluding carboxylic acids is 2. The highest BCUT2D eigenvalue weighted by Crippen LogP contribution is 2.42. The van der Waals surface area contributed by atoms with E-state index in [2.05, 4.69) is 10.3 Å². The Balaban J connectivity index is 1.91. The zero-order chi connectivity index (χ0) is 21.6. The van der Waals surface area contributed by atoms with Crippen LogP contribution in [0.4, 0.5) is 5.88 Å². The van der Waals surface area contributed by atoms with Crippen LogP contribution in [0, 0.1) is 0 Å². The minimum atomic E-state index is -0.575. The van der Waals surface area contributed by atoms with Crippen molar-refractivity contribution in [2.24, 2.45) is 0 Å². The summed E-state index contributed by atoms with van der Waals surface area (Å²) in [5.41, 5.74) is 2.62. The first-order valence-electron chi connectivity index (χ1n) is 9.85. The van der Waals surface area contributed by atoms with E-state index in [4.69, 9.17) is 9.15 Å². The molecule has 0 radical (unpaired) electrons. The number of hydrogen-bond donors (Lipinski definition) is 1. The van der Waals surface area contributed by atoms with Gasteiger partial charge in [0.1, 0.15) is 11.3 Å². The molecule has 0 bridgehead atoms. The highest BCUT2D eigenvalue weighted by molar-refractivity contribution is 6.11. The van der Waals surface area contributed by atoms with Gasteiger partial charge in [0.05, 0.1) is 12.2 Å². The maximum atomic E-state index is 13.0. The first kappa shape index (κ1) is 20.1. The number of pyridine rings is 1. The molecule has 0 unspecified atom stereocenters. The zero-order valence-electron chi connectivity index (χ0n) is 16.9. The number of nitrogens with zero attached hydrogens (tertiary/aromatic N) is 1. The fourth-order valence-electron chi connectivity index (χ4n) is 3.26. The molecule has 0 aliphatic carbocycles. The van der Waals surface area contributed by atoms with Gasteiger partial charge in [0.2, 0.25) is 5.88 Å². The summed E-state index contributed by atoms with van der Waals surface area (Å²) < 4.78 is 11.4. The lowest BCUT2D eigenvalue weighted by atomic mass is 9.98. The van der Waals surface area contributed by atoms with E-state index in [1.807, 2.05) is 60.7 Å². The van der Waals surface area contributed by atoms with E-state index < -0.39 is 11.9 Å². The van der Waals surface area contributed by atoms with E-state index in [0.29, 0.717) is 16.9 Å². The highest BCUT2D eigenvalue weighted by atomic mass is 16.5. The fourth-order valence-corrected chi connectivity index (χ4v) is 3.26. The number of carbonyl (C=O) groups is 2. The molecule has 6 heteroatoms. The van der Waals surface area contributed by atoms with Crippen LogP contribution in [-0.4, -0.2) is 23.5 Å². The van der Waals surface area contributed by atoms with Gasteiger partial charge in [-0.3, -0.25) is 15.1 Å². The average Bonchev–Trinajstić information content (AvgIpc) is 3.20. The van der Waals surface area contributed by atoms with Gasteiger partial charge < -0.3 is 9.15 Å². The van der Waals surface area contributed by atoms with Gasteiger partial charge in [0.25, 0.3) is 5.91 Å². The number of aromatic nitrogens is 1. The molecule has 154 valence electrons. The van der Waals surface area contributed by atoms with Crippen molar-refractivity contribution in [2.45, 2.75) is 6.92 Å². The normalized spacial score (nSPS) is 10.5. The summed E-state index contributed by atoms with van der Waals surface area (Å²) in [6.07, 6.45) is 3.02. The van der Waals surface area contributed by atoms with Crippen LogP contribution in [-0.2, 0) is 4.74 Å². The molecule has 0 aliphatic heterocycles. The van der Waals surface area contributed by atoms with E-state index in [1.54, 1.807) is 25.3 Å². The third kappa shape index (κ3) is 4.23. The summed E-state index contributed by atoms with van der Waals surface area (Å²) in [5, 5.41) is 2.72. The van der Waals surface area contributed by atoms with Crippen LogP contribution in [0.1, 0.15) is 27.6 Å². The largest absolute Gasteiger partial charge is 0.462 e. The second-order valence-corrected chi connectivity index (χ2v) is 6.66. The van der Waals surface area contributed by atoms with Crippen LogP contribution in [0.25, 0.3) is 22.5 Å². The molecule has 31 heavy (non-hydrogen) atoms. The number of anilines is 1. The summed E-state index contributed by atoms with van der Waals surface area (Å²) in [7, 11) is 0. The summed E-state index contributed by atoms with van der Waals surface area (Å²) in [6, 6.07) is 22.1. The van der Waals surface area contributed by atoms with E-state index in [9.17, 15) is 9.59 Å².